The zero-order valence-corrected chi connectivity index (χ0v) is 10.6. The lowest BCUT2D eigenvalue weighted by molar-refractivity contribution is -0.00525. The van der Waals surface area contributed by atoms with Crippen molar-refractivity contribution >= 4 is 23.6 Å². The lowest BCUT2D eigenvalue weighted by atomic mass is 10.1. The average Bonchev–Trinajstić information content (AvgIpc) is 2.27. The molecule has 2 atom stereocenters. The van der Waals surface area contributed by atoms with Crippen LogP contribution >= 0.6 is 11.6 Å². The van der Waals surface area contributed by atoms with Crippen LogP contribution in [0.15, 0.2) is 12.3 Å². The molecule has 0 spiro atoms. The van der Waals surface area contributed by atoms with Gasteiger partial charge in [-0.25, -0.2) is 4.98 Å². The lowest BCUT2D eigenvalue weighted by Crippen LogP contribution is -2.45. The Hall–Kier alpha value is -1.13. The number of hydrogen-bond acceptors (Lipinski definition) is 4. The SMILES string of the molecule is C[C@@H]1CN(c2cc(Cl)ncc2C=O)C[C@H](C)O1. The van der Waals surface area contributed by atoms with Gasteiger partial charge in [-0.2, -0.15) is 0 Å². The third-order valence-corrected chi connectivity index (χ3v) is 2.97. The number of carbonyl (C=O) groups excluding carboxylic acids is 1. The summed E-state index contributed by atoms with van der Waals surface area (Å²) in [6, 6.07) is 1.73. The topological polar surface area (TPSA) is 42.4 Å². The van der Waals surface area contributed by atoms with E-state index in [4.69, 9.17) is 16.3 Å². The molecule has 1 aromatic heterocycles. The standard InChI is InChI=1S/C12H15ClN2O2/c1-8-5-15(6-9(2)17-8)11-3-12(13)14-4-10(11)7-16/h3-4,7-9H,5-6H2,1-2H3/t8-,9+. The Labute approximate surface area is 106 Å². The summed E-state index contributed by atoms with van der Waals surface area (Å²) in [5.74, 6) is 0. The average molecular weight is 255 g/mol. The van der Waals surface area contributed by atoms with Crippen LogP contribution < -0.4 is 4.90 Å². The predicted octanol–water partition coefficient (Wildman–Crippen LogP) is 2.16. The number of anilines is 1. The summed E-state index contributed by atoms with van der Waals surface area (Å²) in [6.45, 7) is 5.55. The van der Waals surface area contributed by atoms with E-state index in [-0.39, 0.29) is 12.2 Å². The molecule has 4 nitrogen and oxygen atoms in total. The monoisotopic (exact) mass is 254 g/mol. The Kier molecular flexibility index (Phi) is 3.64. The summed E-state index contributed by atoms with van der Waals surface area (Å²) in [5, 5.41) is 0.400. The van der Waals surface area contributed by atoms with Crippen LogP contribution in [-0.4, -0.2) is 36.6 Å². The molecule has 1 fully saturated rings. The van der Waals surface area contributed by atoms with Crippen LogP contribution in [0.25, 0.3) is 0 Å². The number of morpholine rings is 1. The summed E-state index contributed by atoms with van der Waals surface area (Å²) in [5.41, 5.74) is 1.40. The summed E-state index contributed by atoms with van der Waals surface area (Å²) >= 11 is 5.88. The highest BCUT2D eigenvalue weighted by Gasteiger charge is 2.24. The number of pyridine rings is 1. The van der Waals surface area contributed by atoms with E-state index in [0.717, 1.165) is 25.1 Å². The summed E-state index contributed by atoms with van der Waals surface area (Å²) in [4.78, 5) is 17.0. The second kappa shape index (κ2) is 5.02. The minimum atomic E-state index is 0.144. The molecule has 92 valence electrons. The molecule has 1 saturated heterocycles. The van der Waals surface area contributed by atoms with Gasteiger partial charge in [0.2, 0.25) is 0 Å². The van der Waals surface area contributed by atoms with Crippen molar-refractivity contribution in [3.63, 3.8) is 0 Å². The smallest absolute Gasteiger partial charge is 0.153 e. The van der Waals surface area contributed by atoms with Gasteiger partial charge in [0, 0.05) is 19.3 Å². The van der Waals surface area contributed by atoms with Gasteiger partial charge < -0.3 is 9.64 Å². The summed E-state index contributed by atoms with van der Waals surface area (Å²) in [7, 11) is 0. The first-order chi connectivity index (χ1) is 8.10. The molecule has 5 heteroatoms. The molecule has 17 heavy (non-hydrogen) atoms. The largest absolute Gasteiger partial charge is 0.372 e. The molecule has 0 N–H and O–H groups in total. The van der Waals surface area contributed by atoms with Crippen LogP contribution in [0.2, 0.25) is 5.15 Å². The Morgan fingerprint density at radius 1 is 1.47 bits per heavy atom. The fraction of sp³-hybridized carbons (Fsp3) is 0.500. The number of aromatic nitrogens is 1. The van der Waals surface area contributed by atoms with E-state index >= 15 is 0 Å². The van der Waals surface area contributed by atoms with E-state index in [1.807, 2.05) is 13.8 Å². The minimum absolute atomic E-state index is 0.144. The van der Waals surface area contributed by atoms with Gasteiger partial charge in [-0.1, -0.05) is 11.6 Å². The number of ether oxygens (including phenoxy) is 1. The van der Waals surface area contributed by atoms with E-state index in [1.54, 1.807) is 6.07 Å². The van der Waals surface area contributed by atoms with Gasteiger partial charge in [-0.15, -0.1) is 0 Å². The molecule has 0 bridgehead atoms. The van der Waals surface area contributed by atoms with Crippen LogP contribution in [0, 0.1) is 0 Å². The fourth-order valence-electron chi connectivity index (χ4n) is 2.17. The Bertz CT molecular complexity index is 415. The van der Waals surface area contributed by atoms with Crippen LogP contribution in [0.4, 0.5) is 5.69 Å². The fourth-order valence-corrected chi connectivity index (χ4v) is 2.32. The first-order valence-electron chi connectivity index (χ1n) is 5.61. The van der Waals surface area contributed by atoms with Crippen molar-refractivity contribution in [2.45, 2.75) is 26.1 Å². The maximum Gasteiger partial charge on any atom is 0.153 e. The lowest BCUT2D eigenvalue weighted by Gasteiger charge is -2.37. The molecule has 1 aliphatic rings. The van der Waals surface area contributed by atoms with Gasteiger partial charge >= 0.3 is 0 Å². The maximum atomic E-state index is 11.0. The van der Waals surface area contributed by atoms with Gasteiger partial charge in [0.05, 0.1) is 23.5 Å². The molecule has 1 aromatic rings. The number of carbonyl (C=O) groups is 1. The van der Waals surface area contributed by atoms with Crippen molar-refractivity contribution in [2.24, 2.45) is 0 Å². The third-order valence-electron chi connectivity index (χ3n) is 2.77. The second-order valence-electron chi connectivity index (χ2n) is 4.35. The van der Waals surface area contributed by atoms with Gasteiger partial charge in [0.25, 0.3) is 0 Å². The molecular formula is C12H15ClN2O2. The summed E-state index contributed by atoms with van der Waals surface area (Å²) in [6.07, 6.45) is 2.61. The molecule has 0 radical (unpaired) electrons. The second-order valence-corrected chi connectivity index (χ2v) is 4.73. The van der Waals surface area contributed by atoms with Crippen molar-refractivity contribution in [1.29, 1.82) is 0 Å². The highest BCUT2D eigenvalue weighted by atomic mass is 35.5. The third kappa shape index (κ3) is 2.76. The molecule has 0 unspecified atom stereocenters. The van der Waals surface area contributed by atoms with E-state index < -0.39 is 0 Å². The van der Waals surface area contributed by atoms with E-state index in [9.17, 15) is 4.79 Å². The van der Waals surface area contributed by atoms with Crippen LogP contribution in [0.1, 0.15) is 24.2 Å². The maximum absolute atomic E-state index is 11.0. The molecule has 0 aliphatic carbocycles. The quantitative estimate of drug-likeness (QED) is 0.599. The Morgan fingerprint density at radius 2 is 2.12 bits per heavy atom. The zero-order chi connectivity index (χ0) is 12.4. The number of rotatable bonds is 2. The Balaban J connectivity index is 2.31. The predicted molar refractivity (Wildman–Crippen MR) is 66.9 cm³/mol. The van der Waals surface area contributed by atoms with Gasteiger partial charge in [-0.3, -0.25) is 4.79 Å². The molecule has 0 saturated carbocycles. The number of halogens is 1. The molecule has 0 amide bonds. The van der Waals surface area contributed by atoms with E-state index in [0.29, 0.717) is 10.7 Å². The molecule has 1 aliphatic heterocycles. The van der Waals surface area contributed by atoms with E-state index in [1.165, 1.54) is 6.20 Å². The molecule has 0 aromatic carbocycles. The molecular weight excluding hydrogens is 240 g/mol. The van der Waals surface area contributed by atoms with Crippen molar-refractivity contribution in [1.82, 2.24) is 4.98 Å². The number of hydrogen-bond donors (Lipinski definition) is 0. The normalized spacial score (nSPS) is 24.8. The van der Waals surface area contributed by atoms with Crippen LogP contribution in [0.3, 0.4) is 0 Å². The number of aldehydes is 1. The van der Waals surface area contributed by atoms with Gasteiger partial charge in [0.1, 0.15) is 5.15 Å². The molecule has 2 rings (SSSR count). The first-order valence-corrected chi connectivity index (χ1v) is 5.99. The number of nitrogens with zero attached hydrogens (tertiary/aromatic N) is 2. The highest BCUT2D eigenvalue weighted by Crippen LogP contribution is 2.25. The summed E-state index contributed by atoms with van der Waals surface area (Å²) < 4.78 is 5.66. The van der Waals surface area contributed by atoms with Gasteiger partial charge in [-0.05, 0) is 19.9 Å². The van der Waals surface area contributed by atoms with Gasteiger partial charge in [0.15, 0.2) is 6.29 Å². The van der Waals surface area contributed by atoms with Crippen LogP contribution in [0.5, 0.6) is 0 Å². The van der Waals surface area contributed by atoms with Crippen molar-refractivity contribution in [3.8, 4) is 0 Å². The highest BCUT2D eigenvalue weighted by molar-refractivity contribution is 6.29. The van der Waals surface area contributed by atoms with Crippen molar-refractivity contribution in [3.05, 3.63) is 23.0 Å². The zero-order valence-electron chi connectivity index (χ0n) is 9.89. The van der Waals surface area contributed by atoms with Crippen molar-refractivity contribution < 1.29 is 9.53 Å². The van der Waals surface area contributed by atoms with Crippen molar-refractivity contribution in [2.75, 3.05) is 18.0 Å². The minimum Gasteiger partial charge on any atom is -0.372 e. The van der Waals surface area contributed by atoms with E-state index in [2.05, 4.69) is 9.88 Å². The first kappa shape index (κ1) is 12.3. The molecule has 2 heterocycles. The Morgan fingerprint density at radius 3 is 2.71 bits per heavy atom. The van der Waals surface area contributed by atoms with Crippen LogP contribution in [-0.2, 0) is 4.74 Å².